The molecule has 1 aromatic rings. The molecule has 1 atom stereocenters. The van der Waals surface area contributed by atoms with Gasteiger partial charge in [-0.15, -0.1) is 0 Å². The first kappa shape index (κ1) is 12.5. The molecule has 88 valence electrons. The second-order valence-electron chi connectivity index (χ2n) is 4.41. The number of aromatic nitrogens is 1. The quantitative estimate of drug-likeness (QED) is 0.804. The van der Waals surface area contributed by atoms with Gasteiger partial charge in [-0.05, 0) is 31.4 Å². The van der Waals surface area contributed by atoms with Crippen LogP contribution in [0.3, 0.4) is 0 Å². The van der Waals surface area contributed by atoms with Gasteiger partial charge in [0.05, 0.1) is 5.56 Å². The first-order chi connectivity index (χ1) is 7.49. The van der Waals surface area contributed by atoms with Crippen molar-refractivity contribution in [2.24, 2.45) is 5.92 Å². The molecule has 1 aromatic heterocycles. The summed E-state index contributed by atoms with van der Waals surface area (Å²) in [6, 6.07) is 3.33. The van der Waals surface area contributed by atoms with Gasteiger partial charge in [-0.2, -0.15) is 0 Å². The molecule has 0 aromatic carbocycles. The zero-order valence-electron chi connectivity index (χ0n) is 9.90. The third kappa shape index (κ3) is 3.88. The van der Waals surface area contributed by atoms with E-state index in [1.54, 1.807) is 6.07 Å². The van der Waals surface area contributed by atoms with Gasteiger partial charge in [0.15, 0.2) is 0 Å². The molecule has 2 N–H and O–H groups in total. The van der Waals surface area contributed by atoms with E-state index in [9.17, 15) is 4.79 Å². The third-order valence-electron chi connectivity index (χ3n) is 2.23. The number of rotatable bonds is 5. The van der Waals surface area contributed by atoms with Crippen LogP contribution in [0, 0.1) is 5.92 Å². The maximum Gasteiger partial charge on any atom is 0.335 e. The van der Waals surface area contributed by atoms with Gasteiger partial charge in [0.2, 0.25) is 0 Å². The predicted octanol–water partition coefficient (Wildman–Crippen LogP) is 2.63. The Balaban J connectivity index is 2.66. The first-order valence-corrected chi connectivity index (χ1v) is 5.45. The minimum absolute atomic E-state index is 0.259. The van der Waals surface area contributed by atoms with Crippen molar-refractivity contribution in [3.63, 3.8) is 0 Å². The lowest BCUT2D eigenvalue weighted by Gasteiger charge is -2.16. The van der Waals surface area contributed by atoms with Crippen LogP contribution in [0.15, 0.2) is 18.3 Å². The molecule has 0 spiro atoms. The van der Waals surface area contributed by atoms with E-state index in [0.717, 1.165) is 6.42 Å². The molecule has 1 heterocycles. The molecular weight excluding hydrogens is 204 g/mol. The van der Waals surface area contributed by atoms with Gasteiger partial charge < -0.3 is 10.4 Å². The summed E-state index contributed by atoms with van der Waals surface area (Å²) in [7, 11) is 0. The Morgan fingerprint density at radius 1 is 1.50 bits per heavy atom. The van der Waals surface area contributed by atoms with Crippen LogP contribution in [0.4, 0.5) is 5.82 Å². The predicted molar refractivity (Wildman–Crippen MR) is 63.7 cm³/mol. The van der Waals surface area contributed by atoms with Crippen LogP contribution in [-0.4, -0.2) is 22.1 Å². The van der Waals surface area contributed by atoms with Gasteiger partial charge >= 0.3 is 5.97 Å². The summed E-state index contributed by atoms with van der Waals surface area (Å²) < 4.78 is 0. The highest BCUT2D eigenvalue weighted by molar-refractivity contribution is 5.88. The standard InChI is InChI=1S/C12H18N2O2/c1-8(2)6-9(3)14-11-7-10(12(15)16)4-5-13-11/h4-5,7-9H,6H2,1-3H3,(H,13,14)(H,15,16). The number of carbonyl (C=O) groups is 1. The lowest BCUT2D eigenvalue weighted by atomic mass is 10.1. The maximum absolute atomic E-state index is 10.8. The van der Waals surface area contributed by atoms with Gasteiger partial charge in [0.25, 0.3) is 0 Å². The van der Waals surface area contributed by atoms with E-state index in [2.05, 4.69) is 31.1 Å². The number of carboxylic acid groups (broad SMARTS) is 1. The van der Waals surface area contributed by atoms with Crippen molar-refractivity contribution in [3.05, 3.63) is 23.9 Å². The number of anilines is 1. The molecule has 0 saturated carbocycles. The second kappa shape index (κ2) is 5.49. The number of aromatic carboxylic acids is 1. The number of nitrogens with zero attached hydrogens (tertiary/aromatic N) is 1. The normalized spacial score (nSPS) is 12.5. The molecule has 0 aliphatic rings. The molecule has 16 heavy (non-hydrogen) atoms. The molecule has 0 amide bonds. The Kier molecular flexibility index (Phi) is 4.28. The van der Waals surface area contributed by atoms with E-state index < -0.39 is 5.97 Å². The molecule has 0 saturated heterocycles. The van der Waals surface area contributed by atoms with E-state index in [0.29, 0.717) is 11.7 Å². The topological polar surface area (TPSA) is 62.2 Å². The fourth-order valence-electron chi connectivity index (χ4n) is 1.66. The van der Waals surface area contributed by atoms with Crippen LogP contribution in [0.25, 0.3) is 0 Å². The van der Waals surface area contributed by atoms with Crippen molar-refractivity contribution in [3.8, 4) is 0 Å². The molecule has 1 unspecified atom stereocenters. The van der Waals surface area contributed by atoms with E-state index >= 15 is 0 Å². The molecule has 1 rings (SSSR count). The van der Waals surface area contributed by atoms with Crippen LogP contribution in [0.1, 0.15) is 37.6 Å². The molecule has 0 fully saturated rings. The Hall–Kier alpha value is -1.58. The number of carboxylic acids is 1. The van der Waals surface area contributed by atoms with Gasteiger partial charge in [-0.3, -0.25) is 0 Å². The summed E-state index contributed by atoms with van der Waals surface area (Å²) in [6.07, 6.45) is 2.53. The van der Waals surface area contributed by atoms with Gasteiger partial charge in [0.1, 0.15) is 5.82 Å². The highest BCUT2D eigenvalue weighted by atomic mass is 16.4. The van der Waals surface area contributed by atoms with Crippen LogP contribution in [-0.2, 0) is 0 Å². The summed E-state index contributed by atoms with van der Waals surface area (Å²) >= 11 is 0. The van der Waals surface area contributed by atoms with Crippen LogP contribution >= 0.6 is 0 Å². The number of pyridine rings is 1. The monoisotopic (exact) mass is 222 g/mol. The fraction of sp³-hybridized carbons (Fsp3) is 0.500. The SMILES string of the molecule is CC(C)CC(C)Nc1cc(C(=O)O)ccn1. The van der Waals surface area contributed by atoms with Gasteiger partial charge in [-0.1, -0.05) is 13.8 Å². The summed E-state index contributed by atoms with van der Waals surface area (Å²) in [6.45, 7) is 6.37. The zero-order valence-corrected chi connectivity index (χ0v) is 9.90. The molecule has 4 nitrogen and oxygen atoms in total. The minimum Gasteiger partial charge on any atom is -0.478 e. The highest BCUT2D eigenvalue weighted by Crippen LogP contribution is 2.12. The number of hydrogen-bond acceptors (Lipinski definition) is 3. The Labute approximate surface area is 95.7 Å². The Morgan fingerprint density at radius 2 is 2.19 bits per heavy atom. The van der Waals surface area contributed by atoms with Crippen molar-refractivity contribution < 1.29 is 9.90 Å². The van der Waals surface area contributed by atoms with Gasteiger partial charge in [-0.25, -0.2) is 9.78 Å². The number of hydrogen-bond donors (Lipinski definition) is 2. The second-order valence-corrected chi connectivity index (χ2v) is 4.41. The van der Waals surface area contributed by atoms with E-state index in [4.69, 9.17) is 5.11 Å². The Morgan fingerprint density at radius 3 is 2.75 bits per heavy atom. The van der Waals surface area contributed by atoms with E-state index in [-0.39, 0.29) is 11.6 Å². The van der Waals surface area contributed by atoms with Crippen LogP contribution in [0.2, 0.25) is 0 Å². The average Bonchev–Trinajstić information content (AvgIpc) is 2.16. The maximum atomic E-state index is 10.8. The van der Waals surface area contributed by atoms with Crippen LogP contribution in [0.5, 0.6) is 0 Å². The fourth-order valence-corrected chi connectivity index (χ4v) is 1.66. The van der Waals surface area contributed by atoms with E-state index in [1.165, 1.54) is 12.3 Å². The highest BCUT2D eigenvalue weighted by Gasteiger charge is 2.08. The van der Waals surface area contributed by atoms with Crippen molar-refractivity contribution >= 4 is 11.8 Å². The molecule has 0 bridgehead atoms. The molecule has 0 radical (unpaired) electrons. The lowest BCUT2D eigenvalue weighted by molar-refractivity contribution is 0.0697. The average molecular weight is 222 g/mol. The largest absolute Gasteiger partial charge is 0.478 e. The third-order valence-corrected chi connectivity index (χ3v) is 2.23. The zero-order chi connectivity index (χ0) is 12.1. The lowest BCUT2D eigenvalue weighted by Crippen LogP contribution is -2.18. The molecule has 0 aliphatic heterocycles. The molecular formula is C12H18N2O2. The summed E-state index contributed by atoms with van der Waals surface area (Å²) in [5, 5.41) is 12.0. The van der Waals surface area contributed by atoms with E-state index in [1.807, 2.05) is 0 Å². The van der Waals surface area contributed by atoms with Crippen molar-refractivity contribution in [1.82, 2.24) is 4.98 Å². The van der Waals surface area contributed by atoms with Crippen molar-refractivity contribution in [1.29, 1.82) is 0 Å². The smallest absolute Gasteiger partial charge is 0.335 e. The molecule has 0 aliphatic carbocycles. The summed E-state index contributed by atoms with van der Waals surface area (Å²) in [5.41, 5.74) is 0.259. The summed E-state index contributed by atoms with van der Waals surface area (Å²) in [5.74, 6) is 0.292. The molecule has 4 heteroatoms. The van der Waals surface area contributed by atoms with Crippen LogP contribution < -0.4 is 5.32 Å². The van der Waals surface area contributed by atoms with Crippen molar-refractivity contribution in [2.45, 2.75) is 33.2 Å². The Bertz CT molecular complexity index is 364. The number of nitrogens with one attached hydrogen (secondary N) is 1. The van der Waals surface area contributed by atoms with Crippen molar-refractivity contribution in [2.75, 3.05) is 5.32 Å². The summed E-state index contributed by atoms with van der Waals surface area (Å²) in [4.78, 5) is 14.9. The van der Waals surface area contributed by atoms with Gasteiger partial charge in [0, 0.05) is 12.2 Å². The minimum atomic E-state index is -0.929. The first-order valence-electron chi connectivity index (χ1n) is 5.45.